The van der Waals surface area contributed by atoms with Crippen LogP contribution in [0.3, 0.4) is 0 Å². The Balaban J connectivity index is 2.05. The van der Waals surface area contributed by atoms with E-state index in [-0.39, 0.29) is 4.21 Å². The van der Waals surface area contributed by atoms with E-state index >= 15 is 0 Å². The van der Waals surface area contributed by atoms with E-state index < -0.39 is 22.0 Å². The molecule has 1 N–H and O–H groups in total. The lowest BCUT2D eigenvalue weighted by Crippen LogP contribution is -2.39. The Bertz CT molecular complexity index is 808. The molecule has 1 unspecified atom stereocenters. The number of sulfonamides is 1. The van der Waals surface area contributed by atoms with Crippen LogP contribution in [0.5, 0.6) is 5.75 Å². The fourth-order valence-electron chi connectivity index (χ4n) is 1.58. The Morgan fingerprint density at radius 1 is 1.36 bits per heavy atom. The molecular formula is C14H12N2O4S2. The Kier molecular flexibility index (Phi) is 4.80. The number of rotatable bonds is 5. The Morgan fingerprint density at radius 2 is 2.14 bits per heavy atom. The highest BCUT2D eigenvalue weighted by Crippen LogP contribution is 2.17. The van der Waals surface area contributed by atoms with E-state index in [0.29, 0.717) is 11.3 Å². The third-order valence-corrected chi connectivity index (χ3v) is 5.38. The highest BCUT2D eigenvalue weighted by Gasteiger charge is 2.23. The van der Waals surface area contributed by atoms with Crippen LogP contribution >= 0.6 is 11.3 Å². The molecule has 1 heterocycles. The van der Waals surface area contributed by atoms with Crippen molar-refractivity contribution in [1.29, 1.82) is 5.26 Å². The molecule has 0 saturated carbocycles. The molecule has 0 saturated heterocycles. The summed E-state index contributed by atoms with van der Waals surface area (Å²) < 4.78 is 31.3. The molecule has 0 aliphatic rings. The predicted molar refractivity (Wildman–Crippen MR) is 80.9 cm³/mol. The largest absolute Gasteiger partial charge is 0.481 e. The van der Waals surface area contributed by atoms with Crippen molar-refractivity contribution in [1.82, 2.24) is 4.72 Å². The van der Waals surface area contributed by atoms with Gasteiger partial charge < -0.3 is 4.74 Å². The van der Waals surface area contributed by atoms with Crippen molar-refractivity contribution in [3.05, 3.63) is 47.3 Å². The van der Waals surface area contributed by atoms with Gasteiger partial charge in [0.1, 0.15) is 9.96 Å². The van der Waals surface area contributed by atoms with Crippen LogP contribution in [0.15, 0.2) is 46.0 Å². The van der Waals surface area contributed by atoms with E-state index in [2.05, 4.69) is 0 Å². The lowest BCUT2D eigenvalue weighted by molar-refractivity contribution is -0.125. The fraction of sp³-hybridized carbons (Fsp3) is 0.143. The van der Waals surface area contributed by atoms with Crippen molar-refractivity contribution >= 4 is 27.3 Å². The molecule has 22 heavy (non-hydrogen) atoms. The van der Waals surface area contributed by atoms with Gasteiger partial charge in [-0.05, 0) is 36.6 Å². The van der Waals surface area contributed by atoms with Gasteiger partial charge in [0, 0.05) is 0 Å². The maximum atomic E-state index is 11.9. The average molecular weight is 336 g/mol. The van der Waals surface area contributed by atoms with E-state index in [4.69, 9.17) is 10.00 Å². The zero-order valence-electron chi connectivity index (χ0n) is 11.5. The second-order valence-corrected chi connectivity index (χ2v) is 7.16. The molecule has 1 aromatic carbocycles. The van der Waals surface area contributed by atoms with Gasteiger partial charge in [-0.25, -0.2) is 13.1 Å². The minimum Gasteiger partial charge on any atom is -0.481 e. The minimum absolute atomic E-state index is 0.0551. The summed E-state index contributed by atoms with van der Waals surface area (Å²) >= 11 is 1.01. The number of benzene rings is 1. The first-order valence-corrected chi connectivity index (χ1v) is 8.55. The summed E-state index contributed by atoms with van der Waals surface area (Å²) in [6.45, 7) is 1.43. The first kappa shape index (κ1) is 16.0. The van der Waals surface area contributed by atoms with Gasteiger partial charge in [-0.2, -0.15) is 5.26 Å². The van der Waals surface area contributed by atoms with E-state index in [0.717, 1.165) is 11.3 Å². The van der Waals surface area contributed by atoms with Crippen molar-refractivity contribution in [2.24, 2.45) is 0 Å². The van der Waals surface area contributed by atoms with Gasteiger partial charge in [0.2, 0.25) is 0 Å². The minimum atomic E-state index is -3.88. The van der Waals surface area contributed by atoms with Gasteiger partial charge >= 0.3 is 0 Å². The van der Waals surface area contributed by atoms with Crippen molar-refractivity contribution in [3.8, 4) is 11.8 Å². The zero-order chi connectivity index (χ0) is 16.2. The lowest BCUT2D eigenvalue weighted by Gasteiger charge is -2.14. The second kappa shape index (κ2) is 6.60. The summed E-state index contributed by atoms with van der Waals surface area (Å²) in [5.74, 6) is -0.467. The van der Waals surface area contributed by atoms with Gasteiger partial charge in [-0.1, -0.05) is 12.1 Å². The molecule has 114 valence electrons. The molecule has 0 spiro atoms. The molecule has 0 bridgehead atoms. The molecular weight excluding hydrogens is 324 g/mol. The van der Waals surface area contributed by atoms with Crippen LogP contribution in [0, 0.1) is 11.3 Å². The normalized spacial score (nSPS) is 12.2. The van der Waals surface area contributed by atoms with Crippen LogP contribution in [0.4, 0.5) is 0 Å². The van der Waals surface area contributed by atoms with Gasteiger partial charge in [-0.3, -0.25) is 4.79 Å². The van der Waals surface area contributed by atoms with Crippen molar-refractivity contribution < 1.29 is 17.9 Å². The molecule has 1 amide bonds. The maximum absolute atomic E-state index is 11.9. The quantitative estimate of drug-likeness (QED) is 0.899. The molecule has 2 rings (SSSR count). The summed E-state index contributed by atoms with van der Waals surface area (Å²) in [4.78, 5) is 11.9. The standard InChI is InChI=1S/C14H12N2O4S2/c1-10(20-12-5-2-4-11(8-12)9-15)14(17)16-22(18,19)13-6-3-7-21-13/h2-8,10H,1H3,(H,16,17). The monoisotopic (exact) mass is 336 g/mol. The second-order valence-electron chi connectivity index (χ2n) is 4.30. The number of amides is 1. The van der Waals surface area contributed by atoms with Crippen LogP contribution < -0.4 is 9.46 Å². The van der Waals surface area contributed by atoms with E-state index in [1.165, 1.54) is 19.1 Å². The fourth-order valence-corrected chi connectivity index (χ4v) is 3.61. The summed E-state index contributed by atoms with van der Waals surface area (Å²) in [5.41, 5.74) is 0.385. The molecule has 6 nitrogen and oxygen atoms in total. The van der Waals surface area contributed by atoms with Gasteiger partial charge in [0.15, 0.2) is 6.10 Å². The number of nitriles is 1. The third-order valence-electron chi connectivity index (χ3n) is 2.64. The first-order valence-electron chi connectivity index (χ1n) is 6.19. The molecule has 0 fully saturated rings. The Hall–Kier alpha value is -2.37. The first-order chi connectivity index (χ1) is 10.4. The SMILES string of the molecule is CC(Oc1cccc(C#N)c1)C(=O)NS(=O)(=O)c1cccs1. The molecule has 0 aliphatic carbocycles. The van der Waals surface area contributed by atoms with Crippen molar-refractivity contribution in [2.75, 3.05) is 0 Å². The Morgan fingerprint density at radius 3 is 2.77 bits per heavy atom. The number of nitrogens with zero attached hydrogens (tertiary/aromatic N) is 1. The molecule has 8 heteroatoms. The van der Waals surface area contributed by atoms with Gasteiger partial charge in [-0.15, -0.1) is 11.3 Å². The summed E-state index contributed by atoms with van der Waals surface area (Å²) in [5, 5.41) is 10.4. The molecule has 0 radical (unpaired) electrons. The highest BCUT2D eigenvalue weighted by atomic mass is 32.2. The number of hydrogen-bond acceptors (Lipinski definition) is 6. The molecule has 2 aromatic rings. The number of thiophene rings is 1. The summed E-state index contributed by atoms with van der Waals surface area (Å²) in [6.07, 6.45) is -1.02. The lowest BCUT2D eigenvalue weighted by atomic mass is 10.2. The van der Waals surface area contributed by atoms with Gasteiger partial charge in [0.05, 0.1) is 11.6 Å². The number of carbonyl (C=O) groups excluding carboxylic acids is 1. The topological polar surface area (TPSA) is 96.3 Å². The van der Waals surface area contributed by atoms with E-state index in [9.17, 15) is 13.2 Å². The average Bonchev–Trinajstić information content (AvgIpc) is 3.02. The van der Waals surface area contributed by atoms with Crippen molar-refractivity contribution in [2.45, 2.75) is 17.2 Å². The summed E-state index contributed by atoms with van der Waals surface area (Å²) in [7, 11) is -3.88. The van der Waals surface area contributed by atoms with E-state index in [1.807, 2.05) is 10.8 Å². The molecule has 1 atom stereocenters. The van der Waals surface area contributed by atoms with Crippen LogP contribution in [0.1, 0.15) is 12.5 Å². The smallest absolute Gasteiger partial charge is 0.274 e. The van der Waals surface area contributed by atoms with Crippen LogP contribution in [0.25, 0.3) is 0 Å². The third kappa shape index (κ3) is 3.84. The molecule has 0 aliphatic heterocycles. The highest BCUT2D eigenvalue weighted by molar-refractivity contribution is 7.92. The predicted octanol–water partition coefficient (Wildman–Crippen LogP) is 1.89. The Labute approximate surface area is 132 Å². The van der Waals surface area contributed by atoms with Crippen molar-refractivity contribution in [3.63, 3.8) is 0 Å². The maximum Gasteiger partial charge on any atom is 0.274 e. The van der Waals surface area contributed by atoms with E-state index in [1.54, 1.807) is 29.6 Å². The number of ether oxygens (including phenoxy) is 1. The zero-order valence-corrected chi connectivity index (χ0v) is 13.1. The molecule has 1 aromatic heterocycles. The van der Waals surface area contributed by atoms with Crippen LogP contribution in [0.2, 0.25) is 0 Å². The number of carbonyl (C=O) groups is 1. The summed E-state index contributed by atoms with van der Waals surface area (Å²) in [6, 6.07) is 11.2. The van der Waals surface area contributed by atoms with Crippen LogP contribution in [-0.2, 0) is 14.8 Å². The number of nitrogens with one attached hydrogen (secondary N) is 1. The van der Waals surface area contributed by atoms with Crippen LogP contribution in [-0.4, -0.2) is 20.4 Å². The number of hydrogen-bond donors (Lipinski definition) is 1. The van der Waals surface area contributed by atoms with Gasteiger partial charge in [0.25, 0.3) is 15.9 Å².